The second-order valence-electron chi connectivity index (χ2n) is 5.62. The van der Waals surface area contributed by atoms with Gasteiger partial charge in [-0.1, -0.05) is 0 Å². The zero-order valence-electron chi connectivity index (χ0n) is 11.8. The van der Waals surface area contributed by atoms with E-state index in [-0.39, 0.29) is 5.54 Å². The Balaban J connectivity index is 2.51. The van der Waals surface area contributed by atoms with Gasteiger partial charge in [0.05, 0.1) is 17.6 Å². The fourth-order valence-corrected chi connectivity index (χ4v) is 1.78. The first-order valence-electron chi connectivity index (χ1n) is 6.32. The van der Waals surface area contributed by atoms with Gasteiger partial charge in [-0.25, -0.2) is 4.98 Å². The molecule has 0 saturated carbocycles. The minimum atomic E-state index is -0.319. The van der Waals surface area contributed by atoms with Crippen molar-refractivity contribution in [3.63, 3.8) is 0 Å². The summed E-state index contributed by atoms with van der Waals surface area (Å²) in [5.74, 6) is 0. The van der Waals surface area contributed by atoms with Gasteiger partial charge in [-0.15, -0.1) is 0 Å². The summed E-state index contributed by atoms with van der Waals surface area (Å²) in [4.78, 5) is 6.54. The van der Waals surface area contributed by atoms with Gasteiger partial charge < -0.3 is 15.2 Å². The minimum Gasteiger partial charge on any atom is -0.333 e. The van der Waals surface area contributed by atoms with Gasteiger partial charge in [0.25, 0.3) is 0 Å². The van der Waals surface area contributed by atoms with Crippen LogP contribution in [-0.4, -0.2) is 34.1 Å². The van der Waals surface area contributed by atoms with Gasteiger partial charge >= 0.3 is 0 Å². The normalized spacial score (nSPS) is 12.7. The van der Waals surface area contributed by atoms with Gasteiger partial charge in [-0.3, -0.25) is 0 Å². The molecule has 0 aliphatic rings. The van der Waals surface area contributed by atoms with E-state index in [0.29, 0.717) is 6.04 Å². The lowest BCUT2D eigenvalue weighted by Gasteiger charge is -2.23. The molecule has 0 atom stereocenters. The number of aromatic nitrogens is 2. The maximum atomic E-state index is 6.11. The molecular weight excluding hydrogens is 212 g/mol. The molecule has 2 N–H and O–H groups in total. The fraction of sp³-hybridized carbons (Fsp3) is 0.769. The number of aryl methyl sites for hydroxylation is 1. The molecule has 0 aliphatic heterocycles. The Bertz CT molecular complexity index is 335. The van der Waals surface area contributed by atoms with Crippen LogP contribution in [0.4, 0.5) is 0 Å². The van der Waals surface area contributed by atoms with Crippen molar-refractivity contribution >= 4 is 0 Å². The molecule has 0 aromatic carbocycles. The molecule has 0 unspecified atom stereocenters. The van der Waals surface area contributed by atoms with Crippen molar-refractivity contribution in [1.29, 1.82) is 0 Å². The minimum absolute atomic E-state index is 0.319. The molecule has 1 rings (SSSR count). The summed E-state index contributed by atoms with van der Waals surface area (Å²) in [6.45, 7) is 10.5. The van der Waals surface area contributed by atoms with E-state index in [4.69, 9.17) is 5.73 Å². The molecule has 98 valence electrons. The Morgan fingerprint density at radius 1 is 1.47 bits per heavy atom. The lowest BCUT2D eigenvalue weighted by atomic mass is 10.0. The molecule has 0 saturated heterocycles. The van der Waals surface area contributed by atoms with E-state index in [9.17, 15) is 0 Å². The Labute approximate surface area is 105 Å². The summed E-state index contributed by atoms with van der Waals surface area (Å²) in [5, 5.41) is 0. The van der Waals surface area contributed by atoms with Crippen LogP contribution in [0.25, 0.3) is 0 Å². The van der Waals surface area contributed by atoms with E-state index in [1.165, 1.54) is 0 Å². The highest BCUT2D eigenvalue weighted by Gasteiger charge is 2.18. The summed E-state index contributed by atoms with van der Waals surface area (Å²) >= 11 is 0. The monoisotopic (exact) mass is 238 g/mol. The first-order chi connectivity index (χ1) is 7.82. The van der Waals surface area contributed by atoms with Crippen LogP contribution >= 0.6 is 0 Å². The number of nitrogens with two attached hydrogens (primary N) is 1. The van der Waals surface area contributed by atoms with Crippen molar-refractivity contribution in [2.24, 2.45) is 5.73 Å². The van der Waals surface area contributed by atoms with Crippen molar-refractivity contribution < 1.29 is 0 Å². The van der Waals surface area contributed by atoms with Crippen LogP contribution < -0.4 is 5.73 Å². The van der Waals surface area contributed by atoms with E-state index < -0.39 is 0 Å². The molecular formula is C13H26N4. The predicted molar refractivity (Wildman–Crippen MR) is 71.8 cm³/mol. The van der Waals surface area contributed by atoms with Crippen LogP contribution in [0.1, 0.15) is 39.8 Å². The van der Waals surface area contributed by atoms with Crippen molar-refractivity contribution in [2.75, 3.05) is 13.6 Å². The van der Waals surface area contributed by atoms with E-state index in [1.807, 2.05) is 26.4 Å². The van der Waals surface area contributed by atoms with Gasteiger partial charge in [-0.05, 0) is 47.7 Å². The number of hydrogen-bond acceptors (Lipinski definition) is 3. The van der Waals surface area contributed by atoms with Crippen LogP contribution in [0, 0.1) is 0 Å². The van der Waals surface area contributed by atoms with Gasteiger partial charge in [0.15, 0.2) is 0 Å². The largest absolute Gasteiger partial charge is 0.333 e. The third-order valence-corrected chi connectivity index (χ3v) is 3.16. The van der Waals surface area contributed by atoms with E-state index in [2.05, 4.69) is 35.3 Å². The number of imidazole rings is 1. The number of hydrogen-bond donors (Lipinski definition) is 1. The molecule has 0 aliphatic carbocycles. The van der Waals surface area contributed by atoms with Crippen LogP contribution in [0.2, 0.25) is 0 Å². The molecule has 4 heteroatoms. The van der Waals surface area contributed by atoms with Crippen molar-refractivity contribution in [3.8, 4) is 0 Å². The zero-order chi connectivity index (χ0) is 13.1. The fourth-order valence-electron chi connectivity index (χ4n) is 1.78. The summed E-state index contributed by atoms with van der Waals surface area (Å²) in [5.41, 5.74) is 6.89. The lowest BCUT2D eigenvalue weighted by molar-refractivity contribution is 0.264. The molecule has 1 aromatic rings. The van der Waals surface area contributed by atoms with E-state index >= 15 is 0 Å². The molecule has 0 amide bonds. The Morgan fingerprint density at radius 2 is 2.12 bits per heavy atom. The standard InChI is InChI=1S/C13H26N4/c1-11(2)16(5)7-6-8-17-10-15-9-12(17)13(3,4)14/h9-11H,6-8,14H2,1-5H3. The molecule has 4 nitrogen and oxygen atoms in total. The quantitative estimate of drug-likeness (QED) is 0.822. The number of rotatable bonds is 6. The average Bonchev–Trinajstić information content (AvgIpc) is 2.65. The molecule has 17 heavy (non-hydrogen) atoms. The third-order valence-electron chi connectivity index (χ3n) is 3.16. The highest BCUT2D eigenvalue weighted by molar-refractivity contribution is 5.09. The molecule has 1 heterocycles. The molecule has 0 fully saturated rings. The second-order valence-corrected chi connectivity index (χ2v) is 5.62. The molecule has 0 bridgehead atoms. The molecule has 0 spiro atoms. The number of nitrogens with zero attached hydrogens (tertiary/aromatic N) is 3. The third kappa shape index (κ3) is 4.13. The van der Waals surface area contributed by atoms with Gasteiger partial charge in [0, 0.05) is 18.8 Å². The van der Waals surface area contributed by atoms with Gasteiger partial charge in [0.2, 0.25) is 0 Å². The lowest BCUT2D eigenvalue weighted by Crippen LogP contribution is -2.32. The maximum Gasteiger partial charge on any atom is 0.0948 e. The predicted octanol–water partition coefficient (Wildman–Crippen LogP) is 1.81. The zero-order valence-corrected chi connectivity index (χ0v) is 11.8. The maximum absolute atomic E-state index is 6.11. The van der Waals surface area contributed by atoms with E-state index in [0.717, 1.165) is 25.2 Å². The SMILES string of the molecule is CC(C)N(C)CCCn1cncc1C(C)(C)N. The second kappa shape index (κ2) is 5.65. The summed E-state index contributed by atoms with van der Waals surface area (Å²) in [6.07, 6.45) is 4.86. The van der Waals surface area contributed by atoms with Crippen molar-refractivity contribution in [1.82, 2.24) is 14.5 Å². The van der Waals surface area contributed by atoms with Crippen LogP contribution in [0.3, 0.4) is 0 Å². The first kappa shape index (κ1) is 14.2. The Hall–Kier alpha value is -0.870. The van der Waals surface area contributed by atoms with Crippen molar-refractivity contribution in [3.05, 3.63) is 18.2 Å². The van der Waals surface area contributed by atoms with Crippen molar-refractivity contribution in [2.45, 2.75) is 52.2 Å². The van der Waals surface area contributed by atoms with Crippen LogP contribution in [-0.2, 0) is 12.1 Å². The highest BCUT2D eigenvalue weighted by atomic mass is 15.1. The molecule has 1 aromatic heterocycles. The highest BCUT2D eigenvalue weighted by Crippen LogP contribution is 2.16. The molecule has 0 radical (unpaired) electrons. The Morgan fingerprint density at radius 3 is 2.65 bits per heavy atom. The van der Waals surface area contributed by atoms with Gasteiger partial charge in [0.1, 0.15) is 0 Å². The average molecular weight is 238 g/mol. The van der Waals surface area contributed by atoms with Crippen LogP contribution in [0.15, 0.2) is 12.5 Å². The topological polar surface area (TPSA) is 47.1 Å². The Kier molecular flexibility index (Phi) is 4.71. The summed E-state index contributed by atoms with van der Waals surface area (Å²) < 4.78 is 2.16. The van der Waals surface area contributed by atoms with E-state index in [1.54, 1.807) is 0 Å². The smallest absolute Gasteiger partial charge is 0.0948 e. The van der Waals surface area contributed by atoms with Gasteiger partial charge in [-0.2, -0.15) is 0 Å². The summed E-state index contributed by atoms with van der Waals surface area (Å²) in [6, 6.07) is 0.600. The van der Waals surface area contributed by atoms with Crippen LogP contribution in [0.5, 0.6) is 0 Å². The first-order valence-corrected chi connectivity index (χ1v) is 6.32. The summed E-state index contributed by atoms with van der Waals surface area (Å²) in [7, 11) is 2.16.